The molecule has 0 N–H and O–H groups in total. The molecular formula is C16H10N8O. The Morgan fingerprint density at radius 3 is 2.92 bits per heavy atom. The van der Waals surface area contributed by atoms with Crippen molar-refractivity contribution < 1.29 is 4.52 Å². The van der Waals surface area contributed by atoms with Gasteiger partial charge >= 0.3 is 0 Å². The molecule has 9 heteroatoms. The average Bonchev–Trinajstić information content (AvgIpc) is 3.40. The lowest BCUT2D eigenvalue weighted by Gasteiger charge is -2.00. The molecule has 0 spiro atoms. The van der Waals surface area contributed by atoms with Crippen molar-refractivity contribution in [1.82, 2.24) is 39.3 Å². The second-order valence-corrected chi connectivity index (χ2v) is 5.22. The highest BCUT2D eigenvalue weighted by atomic mass is 16.5. The molecule has 5 heterocycles. The van der Waals surface area contributed by atoms with E-state index in [0.717, 1.165) is 11.3 Å². The van der Waals surface area contributed by atoms with E-state index in [-0.39, 0.29) is 0 Å². The van der Waals surface area contributed by atoms with Crippen molar-refractivity contribution in [3.05, 3.63) is 61.6 Å². The summed E-state index contributed by atoms with van der Waals surface area (Å²) in [5, 5.41) is 8.24. The number of rotatable bonds is 3. The molecule has 0 fully saturated rings. The Morgan fingerprint density at radius 1 is 1.00 bits per heavy atom. The predicted octanol–water partition coefficient (Wildman–Crippen LogP) is 2.03. The van der Waals surface area contributed by atoms with Crippen LogP contribution in [0.5, 0.6) is 0 Å². The molecule has 5 rings (SSSR count). The van der Waals surface area contributed by atoms with Crippen LogP contribution < -0.4 is 0 Å². The van der Waals surface area contributed by atoms with Crippen molar-refractivity contribution in [1.29, 1.82) is 0 Å². The lowest BCUT2D eigenvalue weighted by Crippen LogP contribution is -1.97. The van der Waals surface area contributed by atoms with Gasteiger partial charge in [0.25, 0.3) is 5.89 Å². The summed E-state index contributed by atoms with van der Waals surface area (Å²) in [4.78, 5) is 17.1. The number of pyridine rings is 1. The van der Waals surface area contributed by atoms with Gasteiger partial charge in [-0.1, -0.05) is 5.16 Å². The molecule has 0 atom stereocenters. The predicted molar refractivity (Wildman–Crippen MR) is 86.6 cm³/mol. The van der Waals surface area contributed by atoms with Gasteiger partial charge in [-0.15, -0.1) is 0 Å². The highest BCUT2D eigenvalue weighted by molar-refractivity contribution is 5.60. The van der Waals surface area contributed by atoms with Crippen molar-refractivity contribution in [3.8, 4) is 28.8 Å². The molecule has 5 aromatic heterocycles. The monoisotopic (exact) mass is 330 g/mol. The van der Waals surface area contributed by atoms with Crippen molar-refractivity contribution in [2.75, 3.05) is 0 Å². The molecule has 0 aliphatic carbocycles. The van der Waals surface area contributed by atoms with Crippen molar-refractivity contribution in [2.45, 2.75) is 0 Å². The normalized spacial score (nSPS) is 11.2. The van der Waals surface area contributed by atoms with Crippen LogP contribution in [0.1, 0.15) is 0 Å². The largest absolute Gasteiger partial charge is 0.334 e. The van der Waals surface area contributed by atoms with Crippen LogP contribution in [-0.2, 0) is 0 Å². The van der Waals surface area contributed by atoms with Crippen molar-refractivity contribution >= 4 is 5.65 Å². The van der Waals surface area contributed by atoms with Crippen LogP contribution >= 0.6 is 0 Å². The van der Waals surface area contributed by atoms with Gasteiger partial charge in [-0.05, 0) is 18.2 Å². The Hall–Kier alpha value is -3.88. The fourth-order valence-electron chi connectivity index (χ4n) is 2.53. The van der Waals surface area contributed by atoms with Crippen molar-refractivity contribution in [2.24, 2.45) is 0 Å². The molecule has 0 amide bonds. The summed E-state index contributed by atoms with van der Waals surface area (Å²) in [5.41, 5.74) is 2.21. The molecule has 0 bridgehead atoms. The zero-order chi connectivity index (χ0) is 16.6. The van der Waals surface area contributed by atoms with Gasteiger partial charge in [0.2, 0.25) is 5.82 Å². The second-order valence-electron chi connectivity index (χ2n) is 5.22. The Morgan fingerprint density at radius 2 is 2.00 bits per heavy atom. The van der Waals surface area contributed by atoms with Crippen LogP contribution in [0.15, 0.2) is 66.1 Å². The first-order valence-corrected chi connectivity index (χ1v) is 7.46. The van der Waals surface area contributed by atoms with E-state index >= 15 is 0 Å². The minimum atomic E-state index is 0.398. The summed E-state index contributed by atoms with van der Waals surface area (Å²) in [7, 11) is 0. The van der Waals surface area contributed by atoms with E-state index in [1.54, 1.807) is 41.9 Å². The van der Waals surface area contributed by atoms with Gasteiger partial charge in [0.1, 0.15) is 5.69 Å². The summed E-state index contributed by atoms with van der Waals surface area (Å²) < 4.78 is 8.94. The fourth-order valence-corrected chi connectivity index (χ4v) is 2.53. The first-order chi connectivity index (χ1) is 12.4. The molecule has 0 aliphatic heterocycles. The molecule has 0 saturated heterocycles. The summed E-state index contributed by atoms with van der Waals surface area (Å²) in [6.45, 7) is 0. The average molecular weight is 330 g/mol. The zero-order valence-corrected chi connectivity index (χ0v) is 12.8. The van der Waals surface area contributed by atoms with Gasteiger partial charge < -0.3 is 4.52 Å². The van der Waals surface area contributed by atoms with Crippen molar-refractivity contribution in [3.63, 3.8) is 0 Å². The number of imidazole rings is 1. The third-order valence-electron chi connectivity index (χ3n) is 3.70. The van der Waals surface area contributed by atoms with Crippen LogP contribution in [0.2, 0.25) is 0 Å². The second kappa shape index (κ2) is 5.34. The minimum Gasteiger partial charge on any atom is -0.334 e. The van der Waals surface area contributed by atoms with Crippen LogP contribution in [0.25, 0.3) is 34.4 Å². The van der Waals surface area contributed by atoms with Gasteiger partial charge in [-0.2, -0.15) is 10.1 Å². The summed E-state index contributed by atoms with van der Waals surface area (Å²) in [6.07, 6.45) is 12.0. The van der Waals surface area contributed by atoms with Crippen LogP contribution in [-0.4, -0.2) is 39.3 Å². The Balaban J connectivity index is 1.56. The molecule has 0 aliphatic rings. The molecule has 0 saturated carbocycles. The van der Waals surface area contributed by atoms with Gasteiger partial charge in [-0.3, -0.25) is 9.38 Å². The first-order valence-electron chi connectivity index (χ1n) is 7.46. The van der Waals surface area contributed by atoms with Gasteiger partial charge in [0, 0.05) is 36.5 Å². The van der Waals surface area contributed by atoms with E-state index in [2.05, 4.69) is 30.2 Å². The Kier molecular flexibility index (Phi) is 2.89. The summed E-state index contributed by atoms with van der Waals surface area (Å²) >= 11 is 0. The maximum atomic E-state index is 5.42. The number of fused-ring (bicyclic) bond motifs is 1. The molecule has 5 aromatic rings. The summed E-state index contributed by atoms with van der Waals surface area (Å²) in [5.74, 6) is 1.52. The van der Waals surface area contributed by atoms with Crippen LogP contribution in [0.3, 0.4) is 0 Å². The van der Waals surface area contributed by atoms with E-state index in [1.807, 2.05) is 28.8 Å². The summed E-state index contributed by atoms with van der Waals surface area (Å²) in [6, 6.07) is 5.48. The van der Waals surface area contributed by atoms with E-state index in [4.69, 9.17) is 4.52 Å². The molecule has 120 valence electrons. The first kappa shape index (κ1) is 13.5. The van der Waals surface area contributed by atoms with Gasteiger partial charge in [0.15, 0.2) is 11.5 Å². The molecule has 0 radical (unpaired) electrons. The Bertz CT molecular complexity index is 1160. The highest BCUT2D eigenvalue weighted by Gasteiger charge is 2.15. The van der Waals surface area contributed by atoms with E-state index in [0.29, 0.717) is 23.2 Å². The molecule has 25 heavy (non-hydrogen) atoms. The zero-order valence-electron chi connectivity index (χ0n) is 12.8. The van der Waals surface area contributed by atoms with E-state index in [9.17, 15) is 0 Å². The van der Waals surface area contributed by atoms with Gasteiger partial charge in [-0.25, -0.2) is 14.6 Å². The number of hydrogen-bond donors (Lipinski definition) is 0. The fraction of sp³-hybridized carbons (Fsp3) is 0. The third-order valence-corrected chi connectivity index (χ3v) is 3.70. The smallest absolute Gasteiger partial charge is 0.258 e. The molecule has 9 nitrogen and oxygen atoms in total. The number of aromatic nitrogens is 8. The standard InChI is InChI=1S/C16H10N8O/c1-3-20-24(6-1)13-8-11(2-4-18-13)16-21-15(22-25-16)12-9-19-14-10-17-5-7-23(12)14/h1-10H. The Labute approximate surface area is 140 Å². The van der Waals surface area contributed by atoms with Crippen LogP contribution in [0.4, 0.5) is 0 Å². The molecule has 0 unspecified atom stereocenters. The van der Waals surface area contributed by atoms with E-state index < -0.39 is 0 Å². The molecular weight excluding hydrogens is 320 g/mol. The highest BCUT2D eigenvalue weighted by Crippen LogP contribution is 2.23. The number of hydrogen-bond acceptors (Lipinski definition) is 7. The van der Waals surface area contributed by atoms with E-state index in [1.165, 1.54) is 0 Å². The van der Waals surface area contributed by atoms with Crippen LogP contribution in [0, 0.1) is 0 Å². The topological polar surface area (TPSA) is 99.8 Å². The lowest BCUT2D eigenvalue weighted by atomic mass is 10.2. The maximum Gasteiger partial charge on any atom is 0.258 e. The quantitative estimate of drug-likeness (QED) is 0.499. The van der Waals surface area contributed by atoms with Gasteiger partial charge in [0.05, 0.1) is 12.4 Å². The SMILES string of the molecule is c1cnn(-c2cc(-c3nc(-c4cnc5cnccn45)no3)ccn2)c1. The maximum absolute atomic E-state index is 5.42. The number of nitrogens with zero attached hydrogens (tertiary/aromatic N) is 8. The lowest BCUT2D eigenvalue weighted by molar-refractivity contribution is 0.432. The third kappa shape index (κ3) is 2.26. The molecule has 0 aromatic carbocycles. The minimum absolute atomic E-state index is 0.398.